The average molecular weight is 508 g/mol. The number of nitrogen functional groups attached to an aromatic ring is 1. The van der Waals surface area contributed by atoms with Crippen molar-refractivity contribution >= 4 is 39.2 Å². The Bertz CT molecular complexity index is 1530. The number of piperidine rings is 1. The van der Waals surface area contributed by atoms with E-state index >= 15 is 0 Å². The Balaban J connectivity index is 1.22. The number of anilines is 1. The molecule has 2 aromatic carbocycles. The number of amides is 2. The quantitative estimate of drug-likeness (QED) is 0.424. The zero-order valence-electron chi connectivity index (χ0n) is 19.4. The van der Waals surface area contributed by atoms with Crippen molar-refractivity contribution in [2.24, 2.45) is 13.0 Å². The van der Waals surface area contributed by atoms with Gasteiger partial charge in [-0.3, -0.25) is 9.59 Å². The van der Waals surface area contributed by atoms with Crippen molar-refractivity contribution in [2.75, 3.05) is 12.3 Å². The fraction of sp³-hybridized carbons (Fsp3) is 0.269. The Morgan fingerprint density at radius 2 is 1.94 bits per heavy atom. The van der Waals surface area contributed by atoms with Crippen LogP contribution in [0.5, 0.6) is 0 Å². The molecule has 3 atom stereocenters. The van der Waals surface area contributed by atoms with E-state index in [2.05, 4.69) is 10.3 Å². The topological polar surface area (TPSA) is 93.2 Å². The zero-order chi connectivity index (χ0) is 25.1. The van der Waals surface area contributed by atoms with Crippen LogP contribution in [0.15, 0.2) is 48.5 Å². The molecule has 10 heteroatoms. The minimum Gasteiger partial charge on any atom is -0.375 e. The summed E-state index contributed by atoms with van der Waals surface area (Å²) in [5, 5.41) is 3.84. The summed E-state index contributed by atoms with van der Waals surface area (Å²) in [5.41, 5.74) is 7.88. The number of likely N-dealkylation sites (tertiary alicyclic amines) is 1. The standard InChI is InChI=1S/C26H23F2N5O2S/c1-32-19-6-5-17(28)8-14(19)11-21(32)24(34)30-12-18-9-15-10-20(15)33(18)25(35)22-23(36-26(29)31-22)13-3-2-4-16(27)7-13/h2-8,11,15,18,20H,9-10,12H2,1H3,(H2,29,31)(H,30,34)/t15-,18+,20+/m1/s1. The number of thiazole rings is 1. The third-order valence-electron chi connectivity index (χ3n) is 7.11. The minimum atomic E-state index is -0.405. The molecular weight excluding hydrogens is 484 g/mol. The molecule has 36 heavy (non-hydrogen) atoms. The summed E-state index contributed by atoms with van der Waals surface area (Å²) in [6.45, 7) is 0.280. The van der Waals surface area contributed by atoms with Crippen molar-refractivity contribution in [3.63, 3.8) is 0 Å². The lowest BCUT2D eigenvalue weighted by Gasteiger charge is -2.27. The number of aryl methyl sites for hydroxylation is 1. The van der Waals surface area contributed by atoms with Gasteiger partial charge in [0.25, 0.3) is 11.8 Å². The highest BCUT2D eigenvalue weighted by atomic mass is 32.1. The van der Waals surface area contributed by atoms with Gasteiger partial charge in [0.05, 0.1) is 10.9 Å². The monoisotopic (exact) mass is 507 g/mol. The predicted molar refractivity (Wildman–Crippen MR) is 134 cm³/mol. The smallest absolute Gasteiger partial charge is 0.274 e. The molecule has 2 aromatic heterocycles. The van der Waals surface area contributed by atoms with Gasteiger partial charge in [0, 0.05) is 30.5 Å². The molecule has 3 heterocycles. The molecule has 2 aliphatic rings. The maximum absolute atomic E-state index is 13.9. The van der Waals surface area contributed by atoms with Gasteiger partial charge in [-0.1, -0.05) is 23.5 Å². The highest BCUT2D eigenvalue weighted by Gasteiger charge is 2.54. The molecule has 1 aliphatic carbocycles. The van der Waals surface area contributed by atoms with Crippen molar-refractivity contribution in [1.29, 1.82) is 0 Å². The maximum Gasteiger partial charge on any atom is 0.274 e. The minimum absolute atomic E-state index is 0.100. The Kier molecular flexibility index (Phi) is 5.29. The van der Waals surface area contributed by atoms with Crippen LogP contribution < -0.4 is 11.1 Å². The number of benzene rings is 2. The molecule has 4 aromatic rings. The van der Waals surface area contributed by atoms with Crippen LogP contribution in [0.25, 0.3) is 21.3 Å². The number of hydrogen-bond donors (Lipinski definition) is 2. The number of nitrogens with one attached hydrogen (secondary N) is 1. The SMILES string of the molecule is Cn1c(C(=O)NC[C@@H]2C[C@@H]3C[C@@H]3N2C(=O)c2nc(N)sc2-c2cccc(F)c2)cc2cc(F)ccc21. The second kappa shape index (κ2) is 8.41. The number of rotatable bonds is 5. The molecule has 1 saturated carbocycles. The van der Waals surface area contributed by atoms with Gasteiger partial charge in [-0.2, -0.15) is 0 Å². The van der Waals surface area contributed by atoms with Crippen LogP contribution in [-0.2, 0) is 7.05 Å². The first-order valence-corrected chi connectivity index (χ1v) is 12.5. The van der Waals surface area contributed by atoms with E-state index < -0.39 is 5.82 Å². The summed E-state index contributed by atoms with van der Waals surface area (Å²) in [5.74, 6) is -0.922. The van der Waals surface area contributed by atoms with Crippen LogP contribution in [0.4, 0.5) is 13.9 Å². The largest absolute Gasteiger partial charge is 0.375 e. The van der Waals surface area contributed by atoms with Crippen LogP contribution in [0.3, 0.4) is 0 Å². The summed E-state index contributed by atoms with van der Waals surface area (Å²) in [7, 11) is 1.76. The highest BCUT2D eigenvalue weighted by Crippen LogP contribution is 2.49. The van der Waals surface area contributed by atoms with Crippen LogP contribution in [0.2, 0.25) is 0 Å². The van der Waals surface area contributed by atoms with E-state index in [0.29, 0.717) is 27.4 Å². The molecule has 2 fully saturated rings. The lowest BCUT2D eigenvalue weighted by atomic mass is 10.1. The van der Waals surface area contributed by atoms with E-state index in [4.69, 9.17) is 5.73 Å². The lowest BCUT2D eigenvalue weighted by molar-refractivity contribution is 0.0684. The molecule has 1 aliphatic heterocycles. The lowest BCUT2D eigenvalue weighted by Crippen LogP contribution is -2.45. The molecule has 2 amide bonds. The molecule has 7 nitrogen and oxygen atoms in total. The number of carbonyl (C=O) groups is 2. The van der Waals surface area contributed by atoms with Crippen molar-refractivity contribution in [3.05, 3.63) is 71.6 Å². The Morgan fingerprint density at radius 1 is 1.14 bits per heavy atom. The van der Waals surface area contributed by atoms with Gasteiger partial charge in [0.15, 0.2) is 5.13 Å². The number of nitrogens with zero attached hydrogens (tertiary/aromatic N) is 3. The van der Waals surface area contributed by atoms with Crippen molar-refractivity contribution < 1.29 is 18.4 Å². The summed E-state index contributed by atoms with van der Waals surface area (Å²) in [6.07, 6.45) is 1.70. The van der Waals surface area contributed by atoms with Gasteiger partial charge in [0.2, 0.25) is 0 Å². The number of carbonyl (C=O) groups excluding carboxylic acids is 2. The van der Waals surface area contributed by atoms with Gasteiger partial charge in [-0.25, -0.2) is 13.8 Å². The summed E-state index contributed by atoms with van der Waals surface area (Å²) in [6, 6.07) is 12.0. The van der Waals surface area contributed by atoms with E-state index in [1.165, 1.54) is 24.3 Å². The number of aromatic nitrogens is 2. The normalized spacial score (nSPS) is 20.5. The van der Waals surface area contributed by atoms with E-state index in [9.17, 15) is 18.4 Å². The van der Waals surface area contributed by atoms with E-state index in [1.807, 2.05) is 0 Å². The van der Waals surface area contributed by atoms with Crippen LogP contribution in [0.1, 0.15) is 33.8 Å². The summed E-state index contributed by atoms with van der Waals surface area (Å²) < 4.78 is 29.2. The molecule has 1 saturated heterocycles. The number of nitrogens with two attached hydrogens (primary N) is 1. The summed E-state index contributed by atoms with van der Waals surface area (Å²) >= 11 is 1.15. The predicted octanol–water partition coefficient (Wildman–Crippen LogP) is 4.20. The Hall–Kier alpha value is -3.79. The molecule has 0 unspecified atom stereocenters. The van der Waals surface area contributed by atoms with E-state index in [-0.39, 0.29) is 47.1 Å². The van der Waals surface area contributed by atoms with Crippen molar-refractivity contribution in [2.45, 2.75) is 24.9 Å². The van der Waals surface area contributed by atoms with E-state index in [1.54, 1.807) is 40.8 Å². The Labute approximate surface area is 209 Å². The average Bonchev–Trinajstić information content (AvgIpc) is 3.18. The second-order valence-electron chi connectivity index (χ2n) is 9.41. The third kappa shape index (κ3) is 3.81. The second-order valence-corrected chi connectivity index (χ2v) is 10.4. The van der Waals surface area contributed by atoms with Gasteiger partial charge >= 0.3 is 0 Å². The molecule has 6 rings (SSSR count). The maximum atomic E-state index is 13.9. The van der Waals surface area contributed by atoms with Crippen molar-refractivity contribution in [1.82, 2.24) is 19.8 Å². The molecule has 184 valence electrons. The molecule has 0 bridgehead atoms. The number of hydrogen-bond acceptors (Lipinski definition) is 5. The Morgan fingerprint density at radius 3 is 2.75 bits per heavy atom. The number of fused-ring (bicyclic) bond motifs is 2. The first kappa shape index (κ1) is 22.7. The van der Waals surface area contributed by atoms with Gasteiger partial charge in [-0.05, 0) is 60.7 Å². The zero-order valence-corrected chi connectivity index (χ0v) is 20.2. The van der Waals surface area contributed by atoms with Crippen LogP contribution >= 0.6 is 11.3 Å². The first-order valence-electron chi connectivity index (χ1n) is 11.7. The third-order valence-corrected chi connectivity index (χ3v) is 8.05. The molecule has 0 spiro atoms. The van der Waals surface area contributed by atoms with Crippen LogP contribution in [-0.4, -0.2) is 44.9 Å². The fourth-order valence-corrected chi connectivity index (χ4v) is 6.15. The fourth-order valence-electron chi connectivity index (χ4n) is 5.33. The van der Waals surface area contributed by atoms with Crippen molar-refractivity contribution in [3.8, 4) is 10.4 Å². The molecule has 3 N–H and O–H groups in total. The molecule has 0 radical (unpaired) electrons. The van der Waals surface area contributed by atoms with Gasteiger partial charge < -0.3 is 20.5 Å². The van der Waals surface area contributed by atoms with Gasteiger partial charge in [0.1, 0.15) is 23.0 Å². The summed E-state index contributed by atoms with van der Waals surface area (Å²) in [4.78, 5) is 33.3. The van der Waals surface area contributed by atoms with E-state index in [0.717, 1.165) is 29.7 Å². The number of halogens is 2. The van der Waals surface area contributed by atoms with Crippen LogP contribution in [0, 0.1) is 17.6 Å². The first-order chi connectivity index (χ1) is 17.3. The molecular formula is C26H23F2N5O2S. The van der Waals surface area contributed by atoms with Gasteiger partial charge in [-0.15, -0.1) is 0 Å². The highest BCUT2D eigenvalue weighted by molar-refractivity contribution is 7.19.